The lowest BCUT2D eigenvalue weighted by Gasteiger charge is -2.15. The predicted octanol–water partition coefficient (Wildman–Crippen LogP) is 1.78. The number of aromatic nitrogens is 1. The Labute approximate surface area is 176 Å². The number of amides is 1. The average Bonchev–Trinajstić information content (AvgIpc) is 2.72. The molecule has 1 aliphatic rings. The van der Waals surface area contributed by atoms with E-state index in [-0.39, 0.29) is 5.69 Å². The van der Waals surface area contributed by atoms with E-state index in [1.807, 2.05) is 4.72 Å². The van der Waals surface area contributed by atoms with Gasteiger partial charge in [-0.2, -0.15) is 0 Å². The van der Waals surface area contributed by atoms with Crippen LogP contribution in [0.4, 0.5) is 0 Å². The van der Waals surface area contributed by atoms with Crippen LogP contribution in [-0.2, 0) is 20.0 Å². The molecule has 3 N–H and O–H groups in total. The van der Waals surface area contributed by atoms with Gasteiger partial charge in [0.05, 0.1) is 0 Å². The Hall–Kier alpha value is -2.74. The third kappa shape index (κ3) is 5.44. The minimum Gasteiger partial charge on any atom is -0.266 e. The molecule has 1 saturated carbocycles. The van der Waals surface area contributed by atoms with E-state index >= 15 is 0 Å². The zero-order chi connectivity index (χ0) is 21.8. The third-order valence-corrected chi connectivity index (χ3v) is 7.18. The van der Waals surface area contributed by atoms with Gasteiger partial charge in [0.25, 0.3) is 15.9 Å². The number of carbonyl (C=O) groups is 1. The van der Waals surface area contributed by atoms with E-state index in [4.69, 9.17) is 5.14 Å². The maximum absolute atomic E-state index is 12.5. The van der Waals surface area contributed by atoms with Crippen LogP contribution in [0.25, 0.3) is 0 Å². The molecule has 10 heteroatoms. The quantitative estimate of drug-likeness (QED) is 0.686. The fourth-order valence-electron chi connectivity index (χ4n) is 3.17. The molecular formula is C20H21N3O5S2. The Bertz CT molecular complexity index is 1210. The summed E-state index contributed by atoms with van der Waals surface area (Å²) in [5.74, 6) is 5.62. The lowest BCUT2D eigenvalue weighted by molar-refractivity contribution is 0.0976. The summed E-state index contributed by atoms with van der Waals surface area (Å²) < 4.78 is 50.2. The second-order valence-corrected chi connectivity index (χ2v) is 10.1. The first-order valence-electron chi connectivity index (χ1n) is 9.33. The minimum atomic E-state index is -4.48. The summed E-state index contributed by atoms with van der Waals surface area (Å²) in [5.41, 5.74) is 0.481. The summed E-state index contributed by atoms with van der Waals surface area (Å²) in [6, 6.07) is 7.70. The van der Waals surface area contributed by atoms with Crippen LogP contribution in [0, 0.1) is 17.8 Å². The van der Waals surface area contributed by atoms with Gasteiger partial charge in [-0.25, -0.2) is 31.7 Å². The molecule has 30 heavy (non-hydrogen) atoms. The number of pyridine rings is 1. The van der Waals surface area contributed by atoms with E-state index in [0.717, 1.165) is 25.0 Å². The fourth-order valence-corrected chi connectivity index (χ4v) is 5.51. The number of nitrogens with one attached hydrogen (secondary N) is 1. The molecule has 1 aromatic heterocycles. The second-order valence-electron chi connectivity index (χ2n) is 6.96. The van der Waals surface area contributed by atoms with Crippen molar-refractivity contribution >= 4 is 26.0 Å². The zero-order valence-electron chi connectivity index (χ0n) is 16.0. The number of benzene rings is 1. The monoisotopic (exact) mass is 447 g/mol. The lowest BCUT2D eigenvalue weighted by Crippen LogP contribution is -2.32. The Morgan fingerprint density at radius 1 is 1.00 bits per heavy atom. The first-order valence-corrected chi connectivity index (χ1v) is 12.4. The smallest absolute Gasteiger partial charge is 0.266 e. The van der Waals surface area contributed by atoms with Crippen LogP contribution in [0.5, 0.6) is 0 Å². The van der Waals surface area contributed by atoms with E-state index < -0.39 is 35.7 Å². The SMILES string of the molecule is NS(=O)(=O)c1ccccc1S(=O)(=O)NC(=O)c1ccc(C#CC2CCCCC2)cn1. The van der Waals surface area contributed by atoms with Gasteiger partial charge < -0.3 is 0 Å². The van der Waals surface area contributed by atoms with Gasteiger partial charge in [0.15, 0.2) is 0 Å². The molecule has 0 radical (unpaired) electrons. The van der Waals surface area contributed by atoms with Crippen molar-refractivity contribution in [2.75, 3.05) is 0 Å². The highest BCUT2D eigenvalue weighted by atomic mass is 32.2. The zero-order valence-corrected chi connectivity index (χ0v) is 17.7. The van der Waals surface area contributed by atoms with Gasteiger partial charge in [-0.05, 0) is 37.1 Å². The van der Waals surface area contributed by atoms with Crippen molar-refractivity contribution < 1.29 is 21.6 Å². The molecule has 0 aliphatic heterocycles. The number of carbonyl (C=O) groups excluding carboxylic acids is 1. The molecule has 3 rings (SSSR count). The van der Waals surface area contributed by atoms with Crippen molar-refractivity contribution in [3.05, 3.63) is 53.9 Å². The Morgan fingerprint density at radius 2 is 1.67 bits per heavy atom. The van der Waals surface area contributed by atoms with E-state index in [0.29, 0.717) is 11.5 Å². The minimum absolute atomic E-state index is 0.144. The van der Waals surface area contributed by atoms with Crippen molar-refractivity contribution in [1.82, 2.24) is 9.71 Å². The number of primary sulfonamides is 1. The molecule has 1 aliphatic carbocycles. The largest absolute Gasteiger partial charge is 0.283 e. The molecule has 0 bridgehead atoms. The average molecular weight is 448 g/mol. The molecule has 1 heterocycles. The highest BCUT2D eigenvalue weighted by Gasteiger charge is 2.26. The normalized spacial score (nSPS) is 15.1. The van der Waals surface area contributed by atoms with Crippen LogP contribution >= 0.6 is 0 Å². The lowest BCUT2D eigenvalue weighted by atomic mass is 9.90. The number of rotatable bonds is 4. The summed E-state index contributed by atoms with van der Waals surface area (Å²) in [6.45, 7) is 0. The van der Waals surface area contributed by atoms with E-state index in [1.54, 1.807) is 6.07 Å². The van der Waals surface area contributed by atoms with Crippen molar-refractivity contribution in [1.29, 1.82) is 0 Å². The van der Waals surface area contributed by atoms with E-state index in [2.05, 4.69) is 16.8 Å². The summed E-state index contributed by atoms with van der Waals surface area (Å²) in [7, 11) is -8.78. The molecule has 8 nitrogen and oxygen atoms in total. The molecule has 0 atom stereocenters. The van der Waals surface area contributed by atoms with Crippen molar-refractivity contribution in [2.24, 2.45) is 11.1 Å². The summed E-state index contributed by atoms with van der Waals surface area (Å²) in [4.78, 5) is 15.1. The van der Waals surface area contributed by atoms with Gasteiger partial charge in [-0.3, -0.25) is 4.79 Å². The standard InChI is InChI=1S/C20H21N3O5S2/c21-29(25,26)18-8-4-5-9-19(18)30(27,28)23-20(24)17-13-12-16(14-22-17)11-10-15-6-2-1-3-7-15/h4-5,8-9,12-15H,1-3,6-7H2,(H,23,24)(H2,21,25,26). The summed E-state index contributed by atoms with van der Waals surface area (Å²) in [6.07, 6.45) is 7.17. The molecule has 0 spiro atoms. The molecular weight excluding hydrogens is 426 g/mol. The van der Waals surface area contributed by atoms with Gasteiger partial charge in [-0.15, -0.1) is 0 Å². The topological polar surface area (TPSA) is 136 Å². The number of nitrogens with zero attached hydrogens (tertiary/aromatic N) is 1. The second kappa shape index (κ2) is 8.95. The Balaban J connectivity index is 1.75. The predicted molar refractivity (Wildman–Crippen MR) is 110 cm³/mol. The van der Waals surface area contributed by atoms with Crippen molar-refractivity contribution in [3.63, 3.8) is 0 Å². The molecule has 1 aromatic carbocycles. The number of nitrogens with two attached hydrogens (primary N) is 1. The third-order valence-electron chi connectivity index (χ3n) is 4.69. The van der Waals surface area contributed by atoms with Gasteiger partial charge in [-0.1, -0.05) is 43.2 Å². The van der Waals surface area contributed by atoms with Crippen LogP contribution in [0.1, 0.15) is 48.2 Å². The fraction of sp³-hybridized carbons (Fsp3) is 0.300. The Morgan fingerprint density at radius 3 is 2.27 bits per heavy atom. The molecule has 2 aromatic rings. The van der Waals surface area contributed by atoms with Gasteiger partial charge in [0, 0.05) is 17.7 Å². The van der Waals surface area contributed by atoms with Crippen molar-refractivity contribution in [2.45, 2.75) is 41.9 Å². The number of hydrogen-bond donors (Lipinski definition) is 2. The van der Waals surface area contributed by atoms with Crippen LogP contribution in [0.15, 0.2) is 52.4 Å². The van der Waals surface area contributed by atoms with E-state index in [1.165, 1.54) is 43.7 Å². The maximum atomic E-state index is 12.5. The maximum Gasteiger partial charge on any atom is 0.283 e. The molecule has 1 amide bonds. The molecule has 1 fully saturated rings. The molecule has 0 unspecified atom stereocenters. The van der Waals surface area contributed by atoms with Crippen LogP contribution in [-0.4, -0.2) is 27.7 Å². The van der Waals surface area contributed by atoms with Gasteiger partial charge in [0.1, 0.15) is 15.5 Å². The van der Waals surface area contributed by atoms with Crippen LogP contribution in [0.2, 0.25) is 0 Å². The molecule has 158 valence electrons. The van der Waals surface area contributed by atoms with Gasteiger partial charge in [0.2, 0.25) is 10.0 Å². The first kappa shape index (κ1) is 22.0. The Kier molecular flexibility index (Phi) is 6.55. The van der Waals surface area contributed by atoms with Crippen molar-refractivity contribution in [3.8, 4) is 11.8 Å². The van der Waals surface area contributed by atoms with Crippen LogP contribution < -0.4 is 9.86 Å². The van der Waals surface area contributed by atoms with E-state index in [9.17, 15) is 21.6 Å². The van der Waals surface area contributed by atoms with Gasteiger partial charge >= 0.3 is 0 Å². The molecule has 0 saturated heterocycles. The summed E-state index contributed by atoms with van der Waals surface area (Å²) in [5, 5.41) is 5.06. The highest BCUT2D eigenvalue weighted by molar-refractivity contribution is 7.92. The highest BCUT2D eigenvalue weighted by Crippen LogP contribution is 2.23. The number of sulfonamides is 2. The first-order chi connectivity index (χ1) is 14.2. The van der Waals surface area contributed by atoms with Crippen LogP contribution in [0.3, 0.4) is 0 Å². The summed E-state index contributed by atoms with van der Waals surface area (Å²) >= 11 is 0. The number of hydrogen-bond acceptors (Lipinski definition) is 6.